The number of ether oxygens (including phenoxy) is 1. The minimum absolute atomic E-state index is 0.00381. The molecular weight excluding hydrogens is 298 g/mol. The van der Waals surface area contributed by atoms with Crippen molar-refractivity contribution in [3.8, 4) is 5.88 Å². The maximum atomic E-state index is 11.8. The van der Waals surface area contributed by atoms with Gasteiger partial charge in [0.1, 0.15) is 5.02 Å². The van der Waals surface area contributed by atoms with Gasteiger partial charge >= 0.3 is 6.18 Å². The highest BCUT2D eigenvalue weighted by Crippen LogP contribution is 2.26. The lowest BCUT2D eigenvalue weighted by Gasteiger charge is -2.08. The number of hydrogen-bond donors (Lipinski definition) is 0. The third-order valence-electron chi connectivity index (χ3n) is 1.40. The molecule has 0 aliphatic carbocycles. The van der Waals surface area contributed by atoms with Crippen molar-refractivity contribution < 1.29 is 17.9 Å². The van der Waals surface area contributed by atoms with E-state index in [0.29, 0.717) is 4.47 Å². The maximum absolute atomic E-state index is 11.8. The monoisotopic (exact) mass is 303 g/mol. The highest BCUT2D eigenvalue weighted by Gasteiger charge is 2.27. The molecule has 7 heteroatoms. The number of aromatic nitrogens is 1. The molecule has 0 bridgehead atoms. The Kier molecular flexibility index (Phi) is 4.21. The third-order valence-corrected chi connectivity index (χ3v) is 2.10. The Morgan fingerprint density at radius 1 is 1.47 bits per heavy atom. The molecule has 15 heavy (non-hydrogen) atoms. The van der Waals surface area contributed by atoms with Gasteiger partial charge in [-0.15, -0.1) is 0 Å². The highest BCUT2D eigenvalue weighted by molar-refractivity contribution is 9.10. The molecule has 0 radical (unpaired) electrons. The summed E-state index contributed by atoms with van der Waals surface area (Å²) in [6, 6.07) is 1.50. The molecular formula is C8H6BrClF3NO. The van der Waals surface area contributed by atoms with Crippen molar-refractivity contribution in [3.63, 3.8) is 0 Å². The van der Waals surface area contributed by atoms with Crippen LogP contribution in [0.2, 0.25) is 5.02 Å². The Labute approximate surface area is 97.5 Å². The third kappa shape index (κ3) is 4.70. The Morgan fingerprint density at radius 2 is 2.13 bits per heavy atom. The van der Waals surface area contributed by atoms with E-state index in [1.165, 1.54) is 12.3 Å². The SMILES string of the molecule is FC(F)(F)CCOc1ncc(Br)cc1Cl. The van der Waals surface area contributed by atoms with Crippen molar-refractivity contribution in [3.05, 3.63) is 21.8 Å². The number of alkyl halides is 3. The van der Waals surface area contributed by atoms with Gasteiger partial charge in [0, 0.05) is 10.7 Å². The largest absolute Gasteiger partial charge is 0.476 e. The molecule has 0 saturated heterocycles. The summed E-state index contributed by atoms with van der Waals surface area (Å²) in [7, 11) is 0. The molecule has 1 rings (SSSR count). The quantitative estimate of drug-likeness (QED) is 0.846. The molecule has 0 aromatic carbocycles. The van der Waals surface area contributed by atoms with E-state index in [1.807, 2.05) is 0 Å². The minimum atomic E-state index is -4.23. The van der Waals surface area contributed by atoms with E-state index in [-0.39, 0.29) is 10.9 Å². The van der Waals surface area contributed by atoms with Gasteiger partial charge in [0.15, 0.2) is 0 Å². The molecule has 1 aromatic rings. The van der Waals surface area contributed by atoms with Crippen LogP contribution >= 0.6 is 27.5 Å². The maximum Gasteiger partial charge on any atom is 0.392 e. The molecule has 1 aromatic heterocycles. The zero-order chi connectivity index (χ0) is 11.5. The number of hydrogen-bond acceptors (Lipinski definition) is 2. The number of halogens is 5. The molecule has 0 N–H and O–H groups in total. The van der Waals surface area contributed by atoms with Crippen LogP contribution in [-0.4, -0.2) is 17.8 Å². The van der Waals surface area contributed by atoms with E-state index < -0.39 is 19.2 Å². The second kappa shape index (κ2) is 5.03. The van der Waals surface area contributed by atoms with E-state index in [9.17, 15) is 13.2 Å². The number of pyridine rings is 1. The van der Waals surface area contributed by atoms with Gasteiger partial charge in [0.2, 0.25) is 5.88 Å². The smallest absolute Gasteiger partial charge is 0.392 e. The van der Waals surface area contributed by atoms with E-state index in [4.69, 9.17) is 16.3 Å². The van der Waals surface area contributed by atoms with E-state index >= 15 is 0 Å². The van der Waals surface area contributed by atoms with Crippen molar-refractivity contribution in [2.75, 3.05) is 6.61 Å². The minimum Gasteiger partial charge on any atom is -0.476 e. The second-order valence-corrected chi connectivity index (χ2v) is 3.98. The molecule has 0 fully saturated rings. The summed E-state index contributed by atoms with van der Waals surface area (Å²) in [5.41, 5.74) is 0. The normalized spacial score (nSPS) is 11.5. The average Bonchev–Trinajstić information content (AvgIpc) is 2.07. The zero-order valence-corrected chi connectivity index (χ0v) is 9.66. The van der Waals surface area contributed by atoms with Gasteiger partial charge in [-0.3, -0.25) is 0 Å². The molecule has 0 amide bonds. The molecule has 84 valence electrons. The molecule has 0 aliphatic heterocycles. The van der Waals surface area contributed by atoms with Gasteiger partial charge in [0.25, 0.3) is 0 Å². The van der Waals surface area contributed by atoms with Crippen LogP contribution in [0.25, 0.3) is 0 Å². The lowest BCUT2D eigenvalue weighted by atomic mass is 10.4. The number of nitrogens with zero attached hydrogens (tertiary/aromatic N) is 1. The average molecular weight is 304 g/mol. The lowest BCUT2D eigenvalue weighted by molar-refractivity contribution is -0.139. The Morgan fingerprint density at radius 3 is 2.67 bits per heavy atom. The first kappa shape index (κ1) is 12.6. The molecule has 2 nitrogen and oxygen atoms in total. The van der Waals surface area contributed by atoms with Gasteiger partial charge in [-0.1, -0.05) is 11.6 Å². The first-order chi connectivity index (χ1) is 6.88. The van der Waals surface area contributed by atoms with Gasteiger partial charge in [0.05, 0.1) is 13.0 Å². The summed E-state index contributed by atoms with van der Waals surface area (Å²) < 4.78 is 40.8. The summed E-state index contributed by atoms with van der Waals surface area (Å²) in [6.07, 6.45) is -3.86. The van der Waals surface area contributed by atoms with E-state index in [1.54, 1.807) is 0 Å². The van der Waals surface area contributed by atoms with Crippen molar-refractivity contribution in [1.29, 1.82) is 0 Å². The van der Waals surface area contributed by atoms with Crippen LogP contribution in [0, 0.1) is 0 Å². The second-order valence-electron chi connectivity index (χ2n) is 2.65. The van der Waals surface area contributed by atoms with Crippen molar-refractivity contribution in [2.45, 2.75) is 12.6 Å². The highest BCUT2D eigenvalue weighted by atomic mass is 79.9. The summed E-state index contributed by atoms with van der Waals surface area (Å²) in [5.74, 6) is 0.00381. The number of rotatable bonds is 3. The predicted molar refractivity (Wildman–Crippen MR) is 53.1 cm³/mol. The molecule has 1 heterocycles. The Hall–Kier alpha value is -0.490. The topological polar surface area (TPSA) is 22.1 Å². The van der Waals surface area contributed by atoms with Gasteiger partial charge < -0.3 is 4.74 Å². The molecule has 0 aliphatic rings. The first-order valence-electron chi connectivity index (χ1n) is 3.89. The van der Waals surface area contributed by atoms with Crippen LogP contribution in [-0.2, 0) is 0 Å². The fourth-order valence-electron chi connectivity index (χ4n) is 0.772. The fraction of sp³-hybridized carbons (Fsp3) is 0.375. The van der Waals surface area contributed by atoms with Crippen LogP contribution in [0.5, 0.6) is 5.88 Å². The van der Waals surface area contributed by atoms with Crippen LogP contribution in [0.1, 0.15) is 6.42 Å². The van der Waals surface area contributed by atoms with Gasteiger partial charge in [-0.2, -0.15) is 13.2 Å². The van der Waals surface area contributed by atoms with Crippen molar-refractivity contribution >= 4 is 27.5 Å². The van der Waals surface area contributed by atoms with E-state index in [0.717, 1.165) is 0 Å². The van der Waals surface area contributed by atoms with Crippen molar-refractivity contribution in [2.24, 2.45) is 0 Å². The molecule has 0 saturated carbocycles. The Bertz CT molecular complexity index is 345. The molecule has 0 atom stereocenters. The lowest BCUT2D eigenvalue weighted by Crippen LogP contribution is -2.13. The van der Waals surface area contributed by atoms with Crippen molar-refractivity contribution in [1.82, 2.24) is 4.98 Å². The standard InChI is InChI=1S/C8H6BrClF3NO/c9-5-3-6(10)7(14-4-5)15-2-1-8(11,12)13/h3-4H,1-2H2. The van der Waals surface area contributed by atoms with Crippen LogP contribution in [0.3, 0.4) is 0 Å². The summed E-state index contributed by atoms with van der Waals surface area (Å²) in [6.45, 7) is -0.488. The first-order valence-corrected chi connectivity index (χ1v) is 5.06. The molecule has 0 spiro atoms. The fourth-order valence-corrected chi connectivity index (χ4v) is 1.46. The van der Waals surface area contributed by atoms with Crippen LogP contribution in [0.15, 0.2) is 16.7 Å². The van der Waals surface area contributed by atoms with Crippen LogP contribution in [0.4, 0.5) is 13.2 Å². The van der Waals surface area contributed by atoms with Crippen LogP contribution < -0.4 is 4.74 Å². The zero-order valence-electron chi connectivity index (χ0n) is 7.31. The predicted octanol–water partition coefficient (Wildman–Crippen LogP) is 3.83. The Balaban J connectivity index is 2.51. The summed E-state index contributed by atoms with van der Waals surface area (Å²) >= 11 is 8.79. The van der Waals surface area contributed by atoms with Gasteiger partial charge in [-0.25, -0.2) is 4.98 Å². The van der Waals surface area contributed by atoms with Gasteiger partial charge in [-0.05, 0) is 22.0 Å². The van der Waals surface area contributed by atoms with E-state index in [2.05, 4.69) is 20.9 Å². The summed E-state index contributed by atoms with van der Waals surface area (Å²) in [4.78, 5) is 3.73. The summed E-state index contributed by atoms with van der Waals surface area (Å²) in [5, 5.41) is 0.173. The molecule has 0 unspecified atom stereocenters.